The van der Waals surface area contributed by atoms with Crippen molar-refractivity contribution >= 4 is 5.78 Å². The molecule has 3 N–H and O–H groups in total. The van der Waals surface area contributed by atoms with E-state index in [0.717, 1.165) is 38.5 Å². The smallest absolute Gasteiger partial charge is 0.334 e. The number of ether oxygens (including phenoxy) is 1. The number of alkyl halides is 3. The molecule has 4 saturated heterocycles. The Morgan fingerprint density at radius 1 is 1.00 bits per heavy atom. The summed E-state index contributed by atoms with van der Waals surface area (Å²) in [6.45, 7) is 0.708. The van der Waals surface area contributed by atoms with Gasteiger partial charge in [0.15, 0.2) is 12.0 Å². The van der Waals surface area contributed by atoms with Gasteiger partial charge in [0.1, 0.15) is 6.23 Å². The van der Waals surface area contributed by atoms with Crippen molar-refractivity contribution in [3.05, 3.63) is 0 Å². The minimum atomic E-state index is -4.22. The third-order valence-electron chi connectivity index (χ3n) is 6.51. The van der Waals surface area contributed by atoms with E-state index in [1.807, 2.05) is 0 Å². The zero-order valence-corrected chi connectivity index (χ0v) is 15.4. The first-order valence-electron chi connectivity index (χ1n) is 10.2. The summed E-state index contributed by atoms with van der Waals surface area (Å²) >= 11 is 0. The van der Waals surface area contributed by atoms with E-state index in [1.54, 1.807) is 0 Å². The number of ketones is 1. The molecule has 0 spiro atoms. The summed E-state index contributed by atoms with van der Waals surface area (Å²) < 4.78 is 47.0. The van der Waals surface area contributed by atoms with Crippen LogP contribution >= 0.6 is 0 Å². The molecule has 9 heteroatoms. The van der Waals surface area contributed by atoms with Crippen LogP contribution in [0, 0.1) is 5.92 Å². The SMILES string of the molecule is O=C1CCCCC[C@@H]2CCCN2C2NC(CCC2C(F)(F)F)C2NNC1O2. The molecule has 4 bridgehead atoms. The third-order valence-corrected chi connectivity index (χ3v) is 6.51. The zero-order chi connectivity index (χ0) is 19.0. The fourth-order valence-electron chi connectivity index (χ4n) is 5.09. The molecule has 0 radical (unpaired) electrons. The van der Waals surface area contributed by atoms with Crippen LogP contribution in [0.15, 0.2) is 0 Å². The van der Waals surface area contributed by atoms with Crippen molar-refractivity contribution in [2.75, 3.05) is 6.54 Å². The number of carbonyl (C=O) groups excluding carboxylic acids is 1. The maximum absolute atomic E-state index is 13.7. The van der Waals surface area contributed by atoms with Gasteiger partial charge in [-0.3, -0.25) is 15.0 Å². The lowest BCUT2D eigenvalue weighted by Crippen LogP contribution is -2.64. The predicted molar refractivity (Wildman–Crippen MR) is 92.2 cm³/mol. The summed E-state index contributed by atoms with van der Waals surface area (Å²) in [6, 6.07) is -0.0730. The van der Waals surface area contributed by atoms with Gasteiger partial charge in [-0.25, -0.2) is 10.9 Å². The Morgan fingerprint density at radius 2 is 1.81 bits per heavy atom. The van der Waals surface area contributed by atoms with E-state index in [4.69, 9.17) is 4.74 Å². The molecule has 0 saturated carbocycles. The summed E-state index contributed by atoms with van der Waals surface area (Å²) in [5.74, 6) is -1.36. The van der Waals surface area contributed by atoms with Crippen molar-refractivity contribution in [2.45, 2.75) is 94.7 Å². The van der Waals surface area contributed by atoms with Crippen molar-refractivity contribution in [1.29, 1.82) is 0 Å². The monoisotopic (exact) mass is 390 g/mol. The Bertz CT molecular complexity index is 547. The number of piperidine rings is 1. The second-order valence-corrected chi connectivity index (χ2v) is 8.27. The number of Topliss-reactive ketones (excluding diaryl/α,β-unsaturated/α-hetero) is 1. The van der Waals surface area contributed by atoms with Crippen molar-refractivity contribution < 1.29 is 22.7 Å². The van der Waals surface area contributed by atoms with Crippen LogP contribution in [0.4, 0.5) is 13.2 Å². The minimum absolute atomic E-state index is 0.00470. The van der Waals surface area contributed by atoms with Gasteiger partial charge in [-0.05, 0) is 45.1 Å². The molecule has 6 atom stereocenters. The normalized spacial score (nSPS) is 42.0. The molecule has 4 aliphatic heterocycles. The van der Waals surface area contributed by atoms with Gasteiger partial charge in [0, 0.05) is 18.5 Å². The van der Waals surface area contributed by atoms with Crippen LogP contribution in [-0.4, -0.2) is 54.1 Å². The van der Waals surface area contributed by atoms with E-state index in [-0.39, 0.29) is 24.3 Å². The van der Waals surface area contributed by atoms with Crippen molar-refractivity contribution in [2.24, 2.45) is 5.92 Å². The Balaban J connectivity index is 1.57. The molecule has 4 heterocycles. The number of rotatable bonds is 0. The molecular weight excluding hydrogens is 361 g/mol. The minimum Gasteiger partial charge on any atom is -0.334 e. The summed E-state index contributed by atoms with van der Waals surface area (Å²) in [5.41, 5.74) is 5.84. The van der Waals surface area contributed by atoms with E-state index in [9.17, 15) is 18.0 Å². The average Bonchev–Trinajstić information content (AvgIpc) is 3.29. The van der Waals surface area contributed by atoms with Gasteiger partial charge in [0.25, 0.3) is 0 Å². The van der Waals surface area contributed by atoms with E-state index >= 15 is 0 Å². The summed E-state index contributed by atoms with van der Waals surface area (Å²) in [7, 11) is 0. The van der Waals surface area contributed by atoms with Gasteiger partial charge >= 0.3 is 6.18 Å². The first-order valence-corrected chi connectivity index (χ1v) is 10.2. The molecule has 5 unspecified atom stereocenters. The first-order chi connectivity index (χ1) is 12.9. The number of hydrazine groups is 1. The Morgan fingerprint density at radius 3 is 2.63 bits per heavy atom. The number of nitrogens with one attached hydrogen (secondary N) is 3. The number of carbonyl (C=O) groups is 1. The average molecular weight is 390 g/mol. The predicted octanol–water partition coefficient (Wildman–Crippen LogP) is 2.02. The van der Waals surface area contributed by atoms with E-state index in [0.29, 0.717) is 19.4 Å². The molecule has 0 aromatic heterocycles. The molecule has 0 amide bonds. The van der Waals surface area contributed by atoms with E-state index < -0.39 is 30.7 Å². The van der Waals surface area contributed by atoms with Crippen LogP contribution in [0.25, 0.3) is 0 Å². The van der Waals surface area contributed by atoms with Gasteiger partial charge in [-0.15, -0.1) is 0 Å². The quantitative estimate of drug-likeness (QED) is 0.588. The van der Waals surface area contributed by atoms with Gasteiger partial charge in [0.05, 0.1) is 12.1 Å². The Labute approximate surface area is 157 Å². The summed E-state index contributed by atoms with van der Waals surface area (Å²) in [6.07, 6.45) is 0.220. The largest absolute Gasteiger partial charge is 0.394 e. The zero-order valence-electron chi connectivity index (χ0n) is 15.4. The highest BCUT2D eigenvalue weighted by atomic mass is 19.4. The highest BCUT2D eigenvalue weighted by Gasteiger charge is 2.52. The van der Waals surface area contributed by atoms with Crippen molar-refractivity contribution in [3.8, 4) is 0 Å². The molecular formula is C18H29F3N4O2. The Hall–Kier alpha value is -0.740. The molecule has 27 heavy (non-hydrogen) atoms. The fraction of sp³-hybridized carbons (Fsp3) is 0.944. The van der Waals surface area contributed by atoms with Crippen LogP contribution in [0.1, 0.15) is 57.8 Å². The number of fused-ring (bicyclic) bond motifs is 7. The van der Waals surface area contributed by atoms with E-state index in [2.05, 4.69) is 21.1 Å². The topological polar surface area (TPSA) is 65.6 Å². The molecule has 0 aromatic carbocycles. The van der Waals surface area contributed by atoms with Crippen molar-refractivity contribution in [3.63, 3.8) is 0 Å². The third kappa shape index (κ3) is 4.17. The van der Waals surface area contributed by atoms with Crippen LogP contribution in [0.3, 0.4) is 0 Å². The molecule has 154 valence electrons. The number of hydrogen-bond acceptors (Lipinski definition) is 6. The highest BCUT2D eigenvalue weighted by Crippen LogP contribution is 2.40. The lowest BCUT2D eigenvalue weighted by Gasteiger charge is -2.46. The molecule has 4 fully saturated rings. The fourth-order valence-corrected chi connectivity index (χ4v) is 5.09. The molecule has 0 aromatic rings. The number of hydrogen-bond donors (Lipinski definition) is 3. The number of nitrogens with zero attached hydrogens (tertiary/aromatic N) is 1. The van der Waals surface area contributed by atoms with Gasteiger partial charge < -0.3 is 4.74 Å². The second-order valence-electron chi connectivity index (χ2n) is 8.27. The van der Waals surface area contributed by atoms with Crippen molar-refractivity contribution in [1.82, 2.24) is 21.1 Å². The molecule has 4 rings (SSSR count). The van der Waals surface area contributed by atoms with Crippen LogP contribution in [0.5, 0.6) is 0 Å². The lowest BCUT2D eigenvalue weighted by atomic mass is 9.88. The molecule has 4 aliphatic rings. The summed E-state index contributed by atoms with van der Waals surface area (Å²) in [4.78, 5) is 14.3. The molecule has 0 aliphatic carbocycles. The van der Waals surface area contributed by atoms with Gasteiger partial charge in [0.2, 0.25) is 0 Å². The first kappa shape index (κ1) is 19.6. The maximum Gasteiger partial charge on any atom is 0.394 e. The molecule has 6 nitrogen and oxygen atoms in total. The summed E-state index contributed by atoms with van der Waals surface area (Å²) in [5, 5.41) is 3.24. The Kier molecular flexibility index (Phi) is 5.76. The van der Waals surface area contributed by atoms with Crippen LogP contribution in [0.2, 0.25) is 0 Å². The highest BCUT2D eigenvalue weighted by molar-refractivity contribution is 5.82. The van der Waals surface area contributed by atoms with Crippen LogP contribution < -0.4 is 16.2 Å². The lowest BCUT2D eigenvalue weighted by molar-refractivity contribution is -0.208. The second kappa shape index (κ2) is 7.94. The van der Waals surface area contributed by atoms with Gasteiger partial charge in [-0.2, -0.15) is 13.2 Å². The maximum atomic E-state index is 13.7. The van der Waals surface area contributed by atoms with Gasteiger partial charge in [-0.1, -0.05) is 12.8 Å². The standard InChI is InChI=1S/C18H29F3N4O2/c19-18(20,21)12-8-9-13-16-23-24-17(27-16)14(26)7-3-1-2-5-11-6-4-10-25(11)15(12)22-13/h11-13,15-17,22-24H,1-10H2/t11-,12?,13?,15?,16?,17?/m1/s1. The number of halogens is 3. The van der Waals surface area contributed by atoms with E-state index in [1.165, 1.54) is 0 Å². The van der Waals surface area contributed by atoms with Crippen LogP contribution in [-0.2, 0) is 9.53 Å².